The fourth-order valence-corrected chi connectivity index (χ4v) is 7.91. The molecular formula is C53H102O6. The highest BCUT2D eigenvalue weighted by molar-refractivity contribution is 5.71. The highest BCUT2D eigenvalue weighted by Crippen LogP contribution is 2.18. The molecule has 0 rings (SSSR count). The second-order valence-corrected chi connectivity index (χ2v) is 19.4. The third-order valence-electron chi connectivity index (χ3n) is 12.3. The first-order chi connectivity index (χ1) is 28.6. The lowest BCUT2D eigenvalue weighted by molar-refractivity contribution is -0.167. The van der Waals surface area contributed by atoms with Crippen LogP contribution in [-0.4, -0.2) is 37.2 Å². The van der Waals surface area contributed by atoms with Crippen LogP contribution < -0.4 is 0 Å². The maximum atomic E-state index is 12.8. The van der Waals surface area contributed by atoms with Crippen LogP contribution in [0.15, 0.2) is 0 Å². The van der Waals surface area contributed by atoms with Gasteiger partial charge in [0.25, 0.3) is 0 Å². The van der Waals surface area contributed by atoms with Crippen LogP contribution in [0.3, 0.4) is 0 Å². The molecule has 0 aliphatic heterocycles. The summed E-state index contributed by atoms with van der Waals surface area (Å²) < 4.78 is 16.8. The Bertz CT molecular complexity index is 916. The lowest BCUT2D eigenvalue weighted by Gasteiger charge is -2.18. The first-order valence-corrected chi connectivity index (χ1v) is 26.1. The molecule has 350 valence electrons. The summed E-state index contributed by atoms with van der Waals surface area (Å²) in [5, 5.41) is 0. The van der Waals surface area contributed by atoms with Gasteiger partial charge in [-0.25, -0.2) is 0 Å². The molecule has 2 atom stereocenters. The predicted octanol–water partition coefficient (Wildman–Crippen LogP) is 16.8. The molecule has 1 unspecified atom stereocenters. The normalized spacial score (nSPS) is 12.6. The molecule has 6 nitrogen and oxygen atoms in total. The Kier molecular flexibility index (Phi) is 43.3. The molecular weight excluding hydrogens is 733 g/mol. The summed E-state index contributed by atoms with van der Waals surface area (Å²) in [4.78, 5) is 37.9. The Morgan fingerprint density at radius 1 is 0.339 bits per heavy atom. The zero-order valence-electron chi connectivity index (χ0n) is 40.5. The summed E-state index contributed by atoms with van der Waals surface area (Å²) >= 11 is 0. The lowest BCUT2D eigenvalue weighted by atomic mass is 9.99. The smallest absolute Gasteiger partial charge is 0.306 e. The van der Waals surface area contributed by atoms with E-state index in [0.29, 0.717) is 19.3 Å². The van der Waals surface area contributed by atoms with Gasteiger partial charge in [-0.3, -0.25) is 14.4 Å². The van der Waals surface area contributed by atoms with Crippen molar-refractivity contribution in [2.75, 3.05) is 13.2 Å². The minimum atomic E-state index is -0.763. The Hall–Kier alpha value is -1.59. The topological polar surface area (TPSA) is 78.9 Å². The van der Waals surface area contributed by atoms with Crippen molar-refractivity contribution in [1.29, 1.82) is 0 Å². The van der Waals surface area contributed by atoms with Gasteiger partial charge in [-0.2, -0.15) is 0 Å². The van der Waals surface area contributed by atoms with E-state index in [0.717, 1.165) is 75.5 Å². The first-order valence-electron chi connectivity index (χ1n) is 26.1. The van der Waals surface area contributed by atoms with E-state index in [1.165, 1.54) is 167 Å². The third-order valence-corrected chi connectivity index (χ3v) is 12.3. The van der Waals surface area contributed by atoms with E-state index in [9.17, 15) is 14.4 Å². The van der Waals surface area contributed by atoms with E-state index >= 15 is 0 Å². The van der Waals surface area contributed by atoms with Crippen molar-refractivity contribution in [2.45, 2.75) is 292 Å². The van der Waals surface area contributed by atoms with Gasteiger partial charge in [-0.15, -0.1) is 0 Å². The molecule has 0 radical (unpaired) electrons. The fourth-order valence-electron chi connectivity index (χ4n) is 7.91. The number of carbonyl (C=O) groups excluding carboxylic acids is 3. The molecule has 0 amide bonds. The molecule has 59 heavy (non-hydrogen) atoms. The molecule has 0 fully saturated rings. The van der Waals surface area contributed by atoms with Crippen LogP contribution in [-0.2, 0) is 28.6 Å². The van der Waals surface area contributed by atoms with Crippen molar-refractivity contribution in [3.63, 3.8) is 0 Å². The lowest BCUT2D eigenvalue weighted by Crippen LogP contribution is -2.30. The summed E-state index contributed by atoms with van der Waals surface area (Å²) in [6.45, 7) is 13.7. The van der Waals surface area contributed by atoms with Crippen LogP contribution in [0.2, 0.25) is 0 Å². The summed E-state index contributed by atoms with van der Waals surface area (Å²) in [5.41, 5.74) is 0. The average molecular weight is 835 g/mol. The van der Waals surface area contributed by atoms with Crippen molar-refractivity contribution in [2.24, 2.45) is 17.8 Å². The van der Waals surface area contributed by atoms with Crippen LogP contribution in [0.25, 0.3) is 0 Å². The highest BCUT2D eigenvalue weighted by atomic mass is 16.6. The second-order valence-electron chi connectivity index (χ2n) is 19.4. The monoisotopic (exact) mass is 835 g/mol. The van der Waals surface area contributed by atoms with Gasteiger partial charge >= 0.3 is 17.9 Å². The molecule has 0 saturated carbocycles. The first kappa shape index (κ1) is 57.4. The molecule has 0 N–H and O–H groups in total. The quantitative estimate of drug-likeness (QED) is 0.0345. The van der Waals surface area contributed by atoms with Crippen molar-refractivity contribution in [1.82, 2.24) is 0 Å². The maximum Gasteiger partial charge on any atom is 0.306 e. The molecule has 0 bridgehead atoms. The molecule has 6 heteroatoms. The van der Waals surface area contributed by atoms with Gasteiger partial charge in [0.1, 0.15) is 13.2 Å². The van der Waals surface area contributed by atoms with Crippen LogP contribution in [0.5, 0.6) is 0 Å². The van der Waals surface area contributed by atoms with Gasteiger partial charge in [-0.1, -0.05) is 247 Å². The fraction of sp³-hybridized carbons (Fsp3) is 0.943. The van der Waals surface area contributed by atoms with Crippen molar-refractivity contribution >= 4 is 17.9 Å². The minimum Gasteiger partial charge on any atom is -0.462 e. The number of carbonyl (C=O) groups is 3. The standard InChI is InChI=1S/C53H102O6/c1-7-49(6)41-35-29-22-18-14-10-8-9-11-15-19-23-30-36-42-51(54)57-45-50(46-58-52(55)43-37-31-26-25-28-34-40-48(4)5)59-53(56)44-38-32-24-20-16-12-13-17-21-27-33-39-47(2)3/h47-50H,7-46H2,1-6H3/t49?,50-/m0/s1. The van der Waals surface area contributed by atoms with Gasteiger partial charge < -0.3 is 14.2 Å². The van der Waals surface area contributed by atoms with E-state index in [2.05, 4.69) is 41.5 Å². The largest absolute Gasteiger partial charge is 0.462 e. The number of esters is 3. The van der Waals surface area contributed by atoms with Crippen molar-refractivity contribution in [3.05, 3.63) is 0 Å². The van der Waals surface area contributed by atoms with E-state index in [1.54, 1.807) is 0 Å². The van der Waals surface area contributed by atoms with Gasteiger partial charge in [0.15, 0.2) is 6.10 Å². The van der Waals surface area contributed by atoms with Crippen LogP contribution in [0.4, 0.5) is 0 Å². The molecule has 0 heterocycles. The number of rotatable bonds is 46. The summed E-state index contributed by atoms with van der Waals surface area (Å²) in [5.74, 6) is 1.63. The SMILES string of the molecule is CCC(C)CCCCCCCCCCCCCCCCC(=O)OC[C@@H](COC(=O)CCCCCCCCC(C)C)OC(=O)CCCCCCCCCCCCCC(C)C. The molecule has 0 spiro atoms. The van der Waals surface area contributed by atoms with Gasteiger partial charge in [0, 0.05) is 19.3 Å². The number of ether oxygens (including phenoxy) is 3. The Balaban J connectivity index is 4.25. The van der Waals surface area contributed by atoms with E-state index in [-0.39, 0.29) is 31.1 Å². The maximum absolute atomic E-state index is 12.8. The van der Waals surface area contributed by atoms with E-state index in [4.69, 9.17) is 14.2 Å². The Morgan fingerprint density at radius 2 is 0.593 bits per heavy atom. The van der Waals surface area contributed by atoms with Crippen molar-refractivity contribution in [3.8, 4) is 0 Å². The van der Waals surface area contributed by atoms with Crippen LogP contribution in [0, 0.1) is 17.8 Å². The third kappa shape index (κ3) is 45.8. The Labute approximate surface area is 368 Å². The zero-order chi connectivity index (χ0) is 43.4. The van der Waals surface area contributed by atoms with E-state index < -0.39 is 6.10 Å². The molecule has 0 aromatic heterocycles. The highest BCUT2D eigenvalue weighted by Gasteiger charge is 2.19. The molecule has 0 aromatic rings. The summed E-state index contributed by atoms with van der Waals surface area (Å²) in [7, 11) is 0. The molecule has 0 aliphatic carbocycles. The molecule has 0 saturated heterocycles. The number of unbranched alkanes of at least 4 members (excludes halogenated alkanes) is 28. The summed E-state index contributed by atoms with van der Waals surface area (Å²) in [6.07, 6.45) is 43.8. The Morgan fingerprint density at radius 3 is 0.881 bits per heavy atom. The molecule has 0 aromatic carbocycles. The van der Waals surface area contributed by atoms with Crippen LogP contribution >= 0.6 is 0 Å². The number of hydrogen-bond acceptors (Lipinski definition) is 6. The molecule has 0 aliphatic rings. The summed E-state index contributed by atoms with van der Waals surface area (Å²) in [6, 6.07) is 0. The van der Waals surface area contributed by atoms with Crippen molar-refractivity contribution < 1.29 is 28.6 Å². The van der Waals surface area contributed by atoms with Crippen LogP contribution in [0.1, 0.15) is 286 Å². The average Bonchev–Trinajstić information content (AvgIpc) is 3.20. The van der Waals surface area contributed by atoms with Gasteiger partial charge in [0.2, 0.25) is 0 Å². The van der Waals surface area contributed by atoms with E-state index in [1.807, 2.05) is 0 Å². The van der Waals surface area contributed by atoms with Gasteiger partial charge in [-0.05, 0) is 37.0 Å². The van der Waals surface area contributed by atoms with Gasteiger partial charge in [0.05, 0.1) is 0 Å². The zero-order valence-corrected chi connectivity index (χ0v) is 40.5. The second kappa shape index (κ2) is 44.5. The number of hydrogen-bond donors (Lipinski definition) is 0. The predicted molar refractivity (Wildman–Crippen MR) is 252 cm³/mol. The minimum absolute atomic E-state index is 0.0653.